The molecule has 1 saturated heterocycles. The van der Waals surface area contributed by atoms with Gasteiger partial charge in [0.25, 0.3) is 5.91 Å². The van der Waals surface area contributed by atoms with Crippen LogP contribution in [0.3, 0.4) is 0 Å². The molecule has 1 aromatic rings. The van der Waals surface area contributed by atoms with E-state index in [1.807, 2.05) is 0 Å². The van der Waals surface area contributed by atoms with Gasteiger partial charge in [0.05, 0.1) is 17.4 Å². The SMILES string of the molecule is COC1CN(C(=O)c2ccncc2N)CC1OC. The fourth-order valence-corrected chi connectivity index (χ4v) is 2.13. The Labute approximate surface area is 106 Å². The van der Waals surface area contributed by atoms with Crippen molar-refractivity contribution in [2.45, 2.75) is 12.2 Å². The first-order valence-electron chi connectivity index (χ1n) is 5.71. The molecular formula is C12H17N3O3. The summed E-state index contributed by atoms with van der Waals surface area (Å²) in [5.74, 6) is -0.114. The number of ether oxygens (including phenoxy) is 2. The molecule has 18 heavy (non-hydrogen) atoms. The van der Waals surface area contributed by atoms with E-state index in [-0.39, 0.29) is 18.1 Å². The number of carbonyl (C=O) groups excluding carboxylic acids is 1. The lowest BCUT2D eigenvalue weighted by atomic mass is 10.2. The van der Waals surface area contributed by atoms with Crippen LogP contribution in [0.2, 0.25) is 0 Å². The number of anilines is 1. The van der Waals surface area contributed by atoms with E-state index >= 15 is 0 Å². The van der Waals surface area contributed by atoms with Crippen LogP contribution in [0.5, 0.6) is 0 Å². The highest BCUT2D eigenvalue weighted by Crippen LogP contribution is 2.20. The number of methoxy groups -OCH3 is 2. The van der Waals surface area contributed by atoms with E-state index in [2.05, 4.69) is 4.98 Å². The maximum atomic E-state index is 12.3. The molecule has 0 radical (unpaired) electrons. The van der Waals surface area contributed by atoms with Crippen molar-refractivity contribution in [1.29, 1.82) is 0 Å². The minimum Gasteiger partial charge on any atom is -0.397 e. The van der Waals surface area contributed by atoms with Crippen molar-refractivity contribution in [3.63, 3.8) is 0 Å². The molecule has 0 saturated carbocycles. The summed E-state index contributed by atoms with van der Waals surface area (Å²) in [4.78, 5) is 17.9. The fourth-order valence-electron chi connectivity index (χ4n) is 2.13. The number of hydrogen-bond acceptors (Lipinski definition) is 5. The first-order valence-corrected chi connectivity index (χ1v) is 5.71. The topological polar surface area (TPSA) is 77.7 Å². The molecule has 1 aromatic heterocycles. The smallest absolute Gasteiger partial charge is 0.256 e. The number of rotatable bonds is 3. The van der Waals surface area contributed by atoms with Gasteiger partial charge in [-0.25, -0.2) is 0 Å². The van der Waals surface area contributed by atoms with Gasteiger partial charge in [-0.05, 0) is 6.07 Å². The van der Waals surface area contributed by atoms with Crippen molar-refractivity contribution < 1.29 is 14.3 Å². The van der Waals surface area contributed by atoms with Gasteiger partial charge in [-0.2, -0.15) is 0 Å². The summed E-state index contributed by atoms with van der Waals surface area (Å²) >= 11 is 0. The number of pyridine rings is 1. The predicted molar refractivity (Wildman–Crippen MR) is 66.1 cm³/mol. The van der Waals surface area contributed by atoms with Gasteiger partial charge in [-0.15, -0.1) is 0 Å². The van der Waals surface area contributed by atoms with E-state index in [4.69, 9.17) is 15.2 Å². The number of nitrogens with two attached hydrogens (primary N) is 1. The van der Waals surface area contributed by atoms with Crippen molar-refractivity contribution in [1.82, 2.24) is 9.88 Å². The van der Waals surface area contributed by atoms with Crippen LogP contribution in [0.15, 0.2) is 18.5 Å². The zero-order chi connectivity index (χ0) is 13.1. The summed E-state index contributed by atoms with van der Waals surface area (Å²) in [5.41, 5.74) is 6.61. The van der Waals surface area contributed by atoms with Crippen molar-refractivity contribution in [2.24, 2.45) is 0 Å². The van der Waals surface area contributed by atoms with Crippen molar-refractivity contribution in [2.75, 3.05) is 33.0 Å². The monoisotopic (exact) mass is 251 g/mol. The van der Waals surface area contributed by atoms with E-state index in [1.165, 1.54) is 6.20 Å². The molecule has 2 atom stereocenters. The van der Waals surface area contributed by atoms with Gasteiger partial charge < -0.3 is 20.1 Å². The van der Waals surface area contributed by atoms with Gasteiger partial charge in [0.2, 0.25) is 0 Å². The highest BCUT2D eigenvalue weighted by Gasteiger charge is 2.36. The number of aromatic nitrogens is 1. The van der Waals surface area contributed by atoms with Crippen LogP contribution >= 0.6 is 0 Å². The van der Waals surface area contributed by atoms with Gasteiger partial charge in [-0.3, -0.25) is 9.78 Å². The van der Waals surface area contributed by atoms with Gasteiger partial charge in [0, 0.05) is 33.5 Å². The van der Waals surface area contributed by atoms with E-state index in [1.54, 1.807) is 31.4 Å². The Bertz CT molecular complexity index is 426. The predicted octanol–water partition coefficient (Wildman–Crippen LogP) is 0.150. The highest BCUT2D eigenvalue weighted by molar-refractivity contribution is 5.99. The first kappa shape index (κ1) is 12.8. The Balaban J connectivity index is 2.14. The zero-order valence-corrected chi connectivity index (χ0v) is 10.5. The van der Waals surface area contributed by atoms with Crippen LogP contribution in [0.1, 0.15) is 10.4 Å². The van der Waals surface area contributed by atoms with Gasteiger partial charge in [0.1, 0.15) is 12.2 Å². The summed E-state index contributed by atoms with van der Waals surface area (Å²) < 4.78 is 10.6. The van der Waals surface area contributed by atoms with E-state index in [0.29, 0.717) is 24.3 Å². The molecule has 2 N–H and O–H groups in total. The summed E-state index contributed by atoms with van der Waals surface area (Å²) in [6, 6.07) is 1.62. The Hall–Kier alpha value is -1.66. The largest absolute Gasteiger partial charge is 0.397 e. The van der Waals surface area contributed by atoms with Gasteiger partial charge in [0.15, 0.2) is 0 Å². The Morgan fingerprint density at radius 1 is 1.39 bits per heavy atom. The van der Waals surface area contributed by atoms with Gasteiger partial charge >= 0.3 is 0 Å². The summed E-state index contributed by atoms with van der Waals surface area (Å²) in [6.07, 6.45) is 2.84. The van der Waals surface area contributed by atoms with Crippen LogP contribution in [0, 0.1) is 0 Å². The number of hydrogen-bond donors (Lipinski definition) is 1. The second-order valence-electron chi connectivity index (χ2n) is 4.22. The van der Waals surface area contributed by atoms with Gasteiger partial charge in [-0.1, -0.05) is 0 Å². The fraction of sp³-hybridized carbons (Fsp3) is 0.500. The summed E-state index contributed by atoms with van der Waals surface area (Å²) in [6.45, 7) is 1.02. The lowest BCUT2D eigenvalue weighted by molar-refractivity contribution is -0.00461. The number of likely N-dealkylation sites (tertiary alicyclic amines) is 1. The van der Waals surface area contributed by atoms with Crippen LogP contribution in [0.25, 0.3) is 0 Å². The van der Waals surface area contributed by atoms with Crippen molar-refractivity contribution >= 4 is 11.6 Å². The molecular weight excluding hydrogens is 234 g/mol. The molecule has 6 heteroatoms. The number of amides is 1. The molecule has 0 aliphatic carbocycles. The quantitative estimate of drug-likeness (QED) is 0.827. The molecule has 0 spiro atoms. The average molecular weight is 251 g/mol. The third kappa shape index (κ3) is 2.30. The first-order chi connectivity index (χ1) is 8.67. The molecule has 2 heterocycles. The molecule has 2 rings (SSSR count). The molecule has 1 aliphatic heterocycles. The number of nitrogen functional groups attached to an aromatic ring is 1. The number of nitrogens with zero attached hydrogens (tertiary/aromatic N) is 2. The molecule has 0 aromatic carbocycles. The molecule has 1 amide bonds. The van der Waals surface area contributed by atoms with Crippen LogP contribution in [-0.4, -0.2) is 55.3 Å². The molecule has 1 fully saturated rings. The molecule has 98 valence electrons. The molecule has 1 aliphatic rings. The summed E-state index contributed by atoms with van der Waals surface area (Å²) in [5, 5.41) is 0. The second-order valence-corrected chi connectivity index (χ2v) is 4.22. The Kier molecular flexibility index (Phi) is 3.78. The molecule has 6 nitrogen and oxygen atoms in total. The lowest BCUT2D eigenvalue weighted by Crippen LogP contribution is -2.30. The van der Waals surface area contributed by atoms with Crippen LogP contribution < -0.4 is 5.73 Å². The standard InChI is InChI=1S/C12H17N3O3/c1-17-10-6-15(7-11(10)18-2)12(16)8-3-4-14-5-9(8)13/h3-5,10-11H,6-7,13H2,1-2H3. The summed E-state index contributed by atoms with van der Waals surface area (Å²) in [7, 11) is 3.23. The highest BCUT2D eigenvalue weighted by atomic mass is 16.5. The minimum absolute atomic E-state index is 0.0954. The van der Waals surface area contributed by atoms with Crippen molar-refractivity contribution in [3.05, 3.63) is 24.0 Å². The maximum absolute atomic E-state index is 12.3. The lowest BCUT2D eigenvalue weighted by Gasteiger charge is -2.16. The van der Waals surface area contributed by atoms with Crippen LogP contribution in [0.4, 0.5) is 5.69 Å². The minimum atomic E-state index is -0.114. The third-order valence-corrected chi connectivity index (χ3v) is 3.19. The molecule has 0 bridgehead atoms. The van der Waals surface area contributed by atoms with Crippen molar-refractivity contribution in [3.8, 4) is 0 Å². The van der Waals surface area contributed by atoms with E-state index < -0.39 is 0 Å². The zero-order valence-electron chi connectivity index (χ0n) is 10.5. The third-order valence-electron chi connectivity index (χ3n) is 3.19. The second kappa shape index (κ2) is 5.32. The Morgan fingerprint density at radius 2 is 2.00 bits per heavy atom. The maximum Gasteiger partial charge on any atom is 0.256 e. The van der Waals surface area contributed by atoms with E-state index in [0.717, 1.165) is 0 Å². The normalized spacial score (nSPS) is 23.3. The number of carbonyl (C=O) groups is 1. The van der Waals surface area contributed by atoms with E-state index in [9.17, 15) is 4.79 Å². The van der Waals surface area contributed by atoms with Crippen LogP contribution in [-0.2, 0) is 9.47 Å². The Morgan fingerprint density at radius 3 is 2.50 bits per heavy atom. The molecule has 2 unspecified atom stereocenters. The average Bonchev–Trinajstić information content (AvgIpc) is 2.81.